The van der Waals surface area contributed by atoms with Crippen LogP contribution in [-0.4, -0.2) is 11.1 Å². The van der Waals surface area contributed by atoms with Crippen molar-refractivity contribution in [1.29, 1.82) is 0 Å². The summed E-state index contributed by atoms with van der Waals surface area (Å²) in [5.74, 6) is -0.903. The number of benzene rings is 1. The van der Waals surface area contributed by atoms with Crippen LogP contribution in [0.5, 0.6) is 0 Å². The van der Waals surface area contributed by atoms with E-state index in [2.05, 4.69) is 0 Å². The van der Waals surface area contributed by atoms with Gasteiger partial charge in [-0.05, 0) is 42.2 Å². The van der Waals surface area contributed by atoms with E-state index in [-0.39, 0.29) is 0 Å². The summed E-state index contributed by atoms with van der Waals surface area (Å²) in [5.41, 5.74) is 2.34. The molecule has 0 saturated heterocycles. The van der Waals surface area contributed by atoms with Crippen molar-refractivity contribution in [2.24, 2.45) is 0 Å². The van der Waals surface area contributed by atoms with E-state index in [0.29, 0.717) is 5.56 Å². The molecule has 0 unspecified atom stereocenters. The Hall–Kier alpha value is -1.54. The Bertz CT molecular complexity index is 486. The van der Waals surface area contributed by atoms with Gasteiger partial charge in [0.1, 0.15) is 0 Å². The molecule has 0 fully saturated rings. The van der Waals surface area contributed by atoms with E-state index in [1.54, 1.807) is 18.2 Å². The van der Waals surface area contributed by atoms with Crippen LogP contribution < -0.4 is 0 Å². The van der Waals surface area contributed by atoms with Crippen LogP contribution in [0.4, 0.5) is 0 Å². The van der Waals surface area contributed by atoms with E-state index in [1.165, 1.54) is 0 Å². The minimum Gasteiger partial charge on any atom is -0.478 e. The lowest BCUT2D eigenvalue weighted by molar-refractivity contribution is 0.0697. The Morgan fingerprint density at radius 1 is 1.38 bits per heavy atom. The molecule has 1 N–H and O–H groups in total. The molecule has 0 saturated carbocycles. The van der Waals surface area contributed by atoms with Crippen LogP contribution in [0.3, 0.4) is 0 Å². The van der Waals surface area contributed by atoms with Gasteiger partial charge in [0.2, 0.25) is 0 Å². The Balaban J connectivity index is 2.37. The number of allylic oxidation sites excluding steroid dienone is 4. The van der Waals surface area contributed by atoms with Gasteiger partial charge in [-0.15, -0.1) is 0 Å². The molecule has 2 rings (SSSR count). The molecule has 1 aromatic rings. The van der Waals surface area contributed by atoms with Crippen LogP contribution in [0.15, 0.2) is 41.4 Å². The van der Waals surface area contributed by atoms with Gasteiger partial charge in [0.05, 0.1) is 5.56 Å². The summed E-state index contributed by atoms with van der Waals surface area (Å²) in [6.07, 6.45) is 5.67. The number of hydrogen-bond donors (Lipinski definition) is 1. The summed E-state index contributed by atoms with van der Waals surface area (Å²) in [6, 6.07) is 6.94. The molecule has 82 valence electrons. The fourth-order valence-electron chi connectivity index (χ4n) is 1.74. The van der Waals surface area contributed by atoms with E-state index >= 15 is 0 Å². The highest BCUT2D eigenvalue weighted by atomic mass is 35.5. The first kappa shape index (κ1) is 11.0. The molecule has 1 aliphatic carbocycles. The topological polar surface area (TPSA) is 37.3 Å². The van der Waals surface area contributed by atoms with Crippen molar-refractivity contribution in [2.45, 2.75) is 12.8 Å². The van der Waals surface area contributed by atoms with Gasteiger partial charge in [0, 0.05) is 5.03 Å². The number of carbonyl (C=O) groups is 1. The summed E-state index contributed by atoms with van der Waals surface area (Å²) < 4.78 is 0. The third-order valence-corrected chi connectivity index (χ3v) is 2.81. The third kappa shape index (κ3) is 2.34. The monoisotopic (exact) mass is 234 g/mol. The summed E-state index contributed by atoms with van der Waals surface area (Å²) in [6.45, 7) is 0. The van der Waals surface area contributed by atoms with E-state index < -0.39 is 5.97 Å². The Labute approximate surface area is 98.9 Å². The second kappa shape index (κ2) is 4.54. The molecule has 0 spiro atoms. The lowest BCUT2D eigenvalue weighted by Gasteiger charge is -2.11. The van der Waals surface area contributed by atoms with Crippen molar-refractivity contribution in [3.8, 4) is 0 Å². The fraction of sp³-hybridized carbons (Fsp3) is 0.154. The first-order valence-corrected chi connectivity index (χ1v) is 5.44. The van der Waals surface area contributed by atoms with Gasteiger partial charge in [0.25, 0.3) is 0 Å². The van der Waals surface area contributed by atoms with Gasteiger partial charge in [-0.2, -0.15) is 0 Å². The smallest absolute Gasteiger partial charge is 0.335 e. The molecule has 1 aliphatic rings. The molecule has 3 heteroatoms. The van der Waals surface area contributed by atoms with E-state index in [1.807, 2.05) is 18.2 Å². The lowest BCUT2D eigenvalue weighted by Crippen LogP contribution is -1.97. The van der Waals surface area contributed by atoms with Crippen molar-refractivity contribution in [3.63, 3.8) is 0 Å². The second-order valence-electron chi connectivity index (χ2n) is 3.68. The van der Waals surface area contributed by atoms with Crippen LogP contribution >= 0.6 is 11.6 Å². The molecule has 0 bridgehead atoms. The molecule has 0 aliphatic heterocycles. The minimum atomic E-state index is -0.903. The van der Waals surface area contributed by atoms with Crippen molar-refractivity contribution >= 4 is 23.1 Å². The van der Waals surface area contributed by atoms with Crippen LogP contribution in [0.25, 0.3) is 5.57 Å². The number of carboxylic acids is 1. The van der Waals surface area contributed by atoms with Crippen molar-refractivity contribution in [3.05, 3.63) is 52.6 Å². The molecule has 16 heavy (non-hydrogen) atoms. The average Bonchev–Trinajstić information content (AvgIpc) is 2.29. The van der Waals surface area contributed by atoms with Gasteiger partial charge in [-0.25, -0.2) is 4.79 Å². The number of aromatic carboxylic acids is 1. The maximum atomic E-state index is 10.8. The van der Waals surface area contributed by atoms with E-state index in [4.69, 9.17) is 16.7 Å². The molecular weight excluding hydrogens is 224 g/mol. The molecule has 0 atom stereocenters. The summed E-state index contributed by atoms with van der Waals surface area (Å²) in [7, 11) is 0. The molecule has 2 nitrogen and oxygen atoms in total. The maximum absolute atomic E-state index is 10.8. The van der Waals surface area contributed by atoms with Crippen LogP contribution in [0.1, 0.15) is 28.8 Å². The van der Waals surface area contributed by atoms with E-state index in [0.717, 1.165) is 29.0 Å². The Kier molecular flexibility index (Phi) is 3.11. The number of halogens is 1. The molecular formula is C13H11ClO2. The molecule has 0 amide bonds. The van der Waals surface area contributed by atoms with Crippen LogP contribution in [0.2, 0.25) is 0 Å². The number of rotatable bonds is 2. The highest BCUT2D eigenvalue weighted by Gasteiger charge is 2.09. The quantitative estimate of drug-likeness (QED) is 0.848. The highest BCUT2D eigenvalue weighted by molar-refractivity contribution is 6.31. The zero-order valence-corrected chi connectivity index (χ0v) is 9.37. The SMILES string of the molecule is O=C(O)c1cccc(C2=CC(Cl)=CCC2)c1. The number of hydrogen-bond acceptors (Lipinski definition) is 1. The zero-order chi connectivity index (χ0) is 11.5. The highest BCUT2D eigenvalue weighted by Crippen LogP contribution is 2.28. The molecule has 1 aromatic carbocycles. The Morgan fingerprint density at radius 3 is 2.88 bits per heavy atom. The standard InChI is InChI=1S/C13H11ClO2/c14-12-6-2-4-10(8-12)9-3-1-5-11(7-9)13(15)16/h1,3,5-8H,2,4H2,(H,15,16). The maximum Gasteiger partial charge on any atom is 0.335 e. The summed E-state index contributed by atoms with van der Waals surface area (Å²) in [4.78, 5) is 10.8. The average molecular weight is 235 g/mol. The lowest BCUT2D eigenvalue weighted by atomic mass is 9.96. The van der Waals surface area contributed by atoms with Gasteiger partial charge >= 0.3 is 5.97 Å². The summed E-state index contributed by atoms with van der Waals surface area (Å²) in [5, 5.41) is 9.63. The van der Waals surface area contributed by atoms with Crippen molar-refractivity contribution < 1.29 is 9.90 Å². The van der Waals surface area contributed by atoms with Gasteiger partial charge in [0.15, 0.2) is 0 Å². The fourth-order valence-corrected chi connectivity index (χ4v) is 1.98. The van der Waals surface area contributed by atoms with Crippen LogP contribution in [-0.2, 0) is 0 Å². The first-order valence-electron chi connectivity index (χ1n) is 5.07. The first-order chi connectivity index (χ1) is 7.66. The summed E-state index contributed by atoms with van der Waals surface area (Å²) >= 11 is 5.93. The van der Waals surface area contributed by atoms with E-state index in [9.17, 15) is 4.79 Å². The van der Waals surface area contributed by atoms with Crippen molar-refractivity contribution in [1.82, 2.24) is 0 Å². The molecule has 0 heterocycles. The molecule has 0 radical (unpaired) electrons. The number of carboxylic acid groups (broad SMARTS) is 1. The Morgan fingerprint density at radius 2 is 2.19 bits per heavy atom. The zero-order valence-electron chi connectivity index (χ0n) is 8.61. The third-order valence-electron chi connectivity index (χ3n) is 2.55. The largest absolute Gasteiger partial charge is 0.478 e. The second-order valence-corrected chi connectivity index (χ2v) is 4.12. The minimum absolute atomic E-state index is 0.309. The van der Waals surface area contributed by atoms with Gasteiger partial charge in [-0.3, -0.25) is 0 Å². The van der Waals surface area contributed by atoms with Gasteiger partial charge < -0.3 is 5.11 Å². The van der Waals surface area contributed by atoms with Crippen molar-refractivity contribution in [2.75, 3.05) is 0 Å². The van der Waals surface area contributed by atoms with Gasteiger partial charge in [-0.1, -0.05) is 29.8 Å². The normalized spacial score (nSPS) is 15.3. The molecule has 0 aromatic heterocycles. The van der Waals surface area contributed by atoms with Crippen LogP contribution in [0, 0.1) is 0 Å². The predicted octanol–water partition coefficient (Wildman–Crippen LogP) is 3.68. The predicted molar refractivity (Wildman–Crippen MR) is 64.5 cm³/mol.